The minimum Gasteiger partial charge on any atom is -0.481 e. The standard InChI is InChI=1S/C26H32N2O6/c29-24(27-14-7-1-2-12-25(30)31)13-16-33-17-15-28-26(32)34-18-23-21-10-5-3-8-19(21)20-9-4-6-11-22(20)23/h3-6,8-11,23H,1-2,7,12-18H2,(H,27,29)(H,28,32)(H,30,31). The fourth-order valence-corrected chi connectivity index (χ4v) is 4.04. The Kier molecular flexibility index (Phi) is 9.91. The van der Waals surface area contributed by atoms with Gasteiger partial charge in [0.15, 0.2) is 0 Å². The molecule has 2 amide bonds. The van der Waals surface area contributed by atoms with Crippen molar-refractivity contribution in [1.29, 1.82) is 0 Å². The van der Waals surface area contributed by atoms with Gasteiger partial charge in [0.1, 0.15) is 6.61 Å². The van der Waals surface area contributed by atoms with E-state index < -0.39 is 12.1 Å². The lowest BCUT2D eigenvalue weighted by Gasteiger charge is -2.14. The third kappa shape index (κ3) is 7.59. The molecule has 3 rings (SSSR count). The lowest BCUT2D eigenvalue weighted by atomic mass is 9.98. The molecule has 0 heterocycles. The third-order valence-electron chi connectivity index (χ3n) is 5.72. The first-order valence-electron chi connectivity index (χ1n) is 11.7. The van der Waals surface area contributed by atoms with Gasteiger partial charge in [-0.1, -0.05) is 55.0 Å². The number of fused-ring (bicyclic) bond motifs is 3. The van der Waals surface area contributed by atoms with Crippen molar-refractivity contribution in [3.63, 3.8) is 0 Å². The van der Waals surface area contributed by atoms with Gasteiger partial charge >= 0.3 is 12.1 Å². The van der Waals surface area contributed by atoms with E-state index in [4.69, 9.17) is 14.6 Å². The average Bonchev–Trinajstić information content (AvgIpc) is 3.15. The smallest absolute Gasteiger partial charge is 0.407 e. The fraction of sp³-hybridized carbons (Fsp3) is 0.423. The molecule has 1 aliphatic rings. The highest BCUT2D eigenvalue weighted by Crippen LogP contribution is 2.44. The van der Waals surface area contributed by atoms with Crippen LogP contribution in [0.1, 0.15) is 49.1 Å². The first kappa shape index (κ1) is 25.2. The van der Waals surface area contributed by atoms with E-state index in [2.05, 4.69) is 34.9 Å². The normalized spacial score (nSPS) is 12.0. The summed E-state index contributed by atoms with van der Waals surface area (Å²) in [5.74, 6) is -0.887. The largest absolute Gasteiger partial charge is 0.481 e. The van der Waals surface area contributed by atoms with Crippen LogP contribution in [0.25, 0.3) is 11.1 Å². The summed E-state index contributed by atoms with van der Waals surface area (Å²) < 4.78 is 10.9. The number of unbranched alkanes of at least 4 members (excludes halogenated alkanes) is 2. The summed E-state index contributed by atoms with van der Waals surface area (Å²) in [7, 11) is 0. The van der Waals surface area contributed by atoms with Crippen molar-refractivity contribution >= 4 is 18.0 Å². The van der Waals surface area contributed by atoms with Gasteiger partial charge in [0.2, 0.25) is 5.91 Å². The maximum atomic E-state index is 12.1. The van der Waals surface area contributed by atoms with Crippen molar-refractivity contribution in [1.82, 2.24) is 10.6 Å². The Labute approximate surface area is 199 Å². The Bertz CT molecular complexity index is 932. The predicted octanol–water partition coefficient (Wildman–Crippen LogP) is 3.69. The second kappa shape index (κ2) is 13.3. The van der Waals surface area contributed by atoms with Crippen molar-refractivity contribution in [2.24, 2.45) is 0 Å². The molecule has 8 nitrogen and oxygen atoms in total. The Morgan fingerprint density at radius 1 is 0.794 bits per heavy atom. The topological polar surface area (TPSA) is 114 Å². The van der Waals surface area contributed by atoms with E-state index in [1.54, 1.807) is 0 Å². The summed E-state index contributed by atoms with van der Waals surface area (Å²) in [4.78, 5) is 34.3. The van der Waals surface area contributed by atoms with Crippen LogP contribution >= 0.6 is 0 Å². The van der Waals surface area contributed by atoms with E-state index in [-0.39, 0.29) is 44.5 Å². The summed E-state index contributed by atoms with van der Waals surface area (Å²) in [5.41, 5.74) is 4.70. The second-order valence-electron chi connectivity index (χ2n) is 8.17. The van der Waals surface area contributed by atoms with E-state index in [1.807, 2.05) is 24.3 Å². The molecule has 0 atom stereocenters. The quantitative estimate of drug-likeness (QED) is 0.365. The minimum atomic E-state index is -0.797. The molecule has 0 saturated heterocycles. The van der Waals surface area contributed by atoms with Crippen LogP contribution in [0.2, 0.25) is 0 Å². The first-order chi connectivity index (χ1) is 16.6. The zero-order valence-electron chi connectivity index (χ0n) is 19.3. The van der Waals surface area contributed by atoms with Gasteiger partial charge in [-0.2, -0.15) is 0 Å². The number of carbonyl (C=O) groups is 3. The molecule has 0 saturated carbocycles. The van der Waals surface area contributed by atoms with Crippen molar-refractivity contribution in [2.75, 3.05) is 32.9 Å². The number of rotatable bonds is 14. The van der Waals surface area contributed by atoms with E-state index in [0.717, 1.165) is 12.8 Å². The molecule has 0 aliphatic heterocycles. The third-order valence-corrected chi connectivity index (χ3v) is 5.72. The van der Waals surface area contributed by atoms with Gasteiger partial charge in [0.05, 0.1) is 13.2 Å². The highest BCUT2D eigenvalue weighted by atomic mass is 16.5. The predicted molar refractivity (Wildman–Crippen MR) is 128 cm³/mol. The van der Waals surface area contributed by atoms with Crippen molar-refractivity contribution in [2.45, 2.75) is 38.0 Å². The summed E-state index contributed by atoms with van der Waals surface area (Å²) in [6, 6.07) is 16.4. The molecule has 3 N–H and O–H groups in total. The van der Waals surface area contributed by atoms with Crippen molar-refractivity contribution < 1.29 is 29.0 Å². The minimum absolute atomic E-state index is 0.0186. The van der Waals surface area contributed by atoms with Crippen LogP contribution in [-0.2, 0) is 19.1 Å². The first-order valence-corrected chi connectivity index (χ1v) is 11.7. The zero-order chi connectivity index (χ0) is 24.2. The van der Waals surface area contributed by atoms with Gasteiger partial charge in [-0.15, -0.1) is 0 Å². The molecular formula is C26H32N2O6. The molecule has 0 bridgehead atoms. The number of carboxylic acids is 1. The molecule has 2 aromatic rings. The van der Waals surface area contributed by atoms with Crippen LogP contribution in [0.5, 0.6) is 0 Å². The summed E-state index contributed by atoms with van der Waals surface area (Å²) in [6.45, 7) is 1.63. The molecular weight excluding hydrogens is 436 g/mol. The Balaban J connectivity index is 1.24. The highest BCUT2D eigenvalue weighted by Gasteiger charge is 2.28. The van der Waals surface area contributed by atoms with Crippen LogP contribution in [0.4, 0.5) is 4.79 Å². The Morgan fingerprint density at radius 3 is 2.15 bits per heavy atom. The van der Waals surface area contributed by atoms with Crippen LogP contribution in [0.3, 0.4) is 0 Å². The molecule has 1 aliphatic carbocycles. The van der Waals surface area contributed by atoms with Crippen molar-refractivity contribution in [3.8, 4) is 11.1 Å². The maximum absolute atomic E-state index is 12.1. The number of hydrogen-bond acceptors (Lipinski definition) is 5. The zero-order valence-corrected chi connectivity index (χ0v) is 19.3. The van der Waals surface area contributed by atoms with Crippen molar-refractivity contribution in [3.05, 3.63) is 59.7 Å². The van der Waals surface area contributed by atoms with E-state index in [0.29, 0.717) is 19.5 Å². The number of nitrogens with one attached hydrogen (secondary N) is 2. The molecule has 2 aromatic carbocycles. The summed E-state index contributed by atoms with van der Waals surface area (Å²) >= 11 is 0. The Morgan fingerprint density at radius 2 is 1.47 bits per heavy atom. The van der Waals surface area contributed by atoms with E-state index >= 15 is 0 Å². The number of alkyl carbamates (subject to hydrolysis) is 1. The molecule has 0 aromatic heterocycles. The van der Waals surface area contributed by atoms with Crippen LogP contribution in [-0.4, -0.2) is 56.0 Å². The van der Waals surface area contributed by atoms with Gasteiger partial charge in [0, 0.05) is 31.8 Å². The van der Waals surface area contributed by atoms with Gasteiger partial charge in [-0.05, 0) is 35.1 Å². The van der Waals surface area contributed by atoms with Crippen LogP contribution < -0.4 is 10.6 Å². The molecule has 0 radical (unpaired) electrons. The molecule has 8 heteroatoms. The number of benzene rings is 2. The van der Waals surface area contributed by atoms with Gasteiger partial charge in [-0.3, -0.25) is 9.59 Å². The summed E-state index contributed by atoms with van der Waals surface area (Å²) in [6.07, 6.45) is 2.04. The molecule has 0 spiro atoms. The number of carboxylic acid groups (broad SMARTS) is 1. The molecule has 182 valence electrons. The SMILES string of the molecule is O=C(O)CCCCCNC(=O)CCOCCNC(=O)OCC1c2ccccc2-c2ccccc21. The molecule has 34 heavy (non-hydrogen) atoms. The fourth-order valence-electron chi connectivity index (χ4n) is 4.04. The maximum Gasteiger partial charge on any atom is 0.407 e. The lowest BCUT2D eigenvalue weighted by molar-refractivity contribution is -0.137. The number of ether oxygens (including phenoxy) is 2. The molecule has 0 fully saturated rings. The van der Waals surface area contributed by atoms with Crippen LogP contribution in [0, 0.1) is 0 Å². The van der Waals surface area contributed by atoms with Crippen LogP contribution in [0.15, 0.2) is 48.5 Å². The number of hydrogen-bond donors (Lipinski definition) is 3. The summed E-state index contributed by atoms with van der Waals surface area (Å²) in [5, 5.41) is 14.0. The highest BCUT2D eigenvalue weighted by molar-refractivity contribution is 5.79. The second-order valence-corrected chi connectivity index (χ2v) is 8.17. The number of carbonyl (C=O) groups excluding carboxylic acids is 2. The van der Waals surface area contributed by atoms with E-state index in [9.17, 15) is 14.4 Å². The lowest BCUT2D eigenvalue weighted by Crippen LogP contribution is -2.30. The van der Waals surface area contributed by atoms with E-state index in [1.165, 1.54) is 22.3 Å². The molecule has 0 unspecified atom stereocenters. The average molecular weight is 469 g/mol. The number of amides is 2. The van der Waals surface area contributed by atoms with Gasteiger partial charge < -0.3 is 25.2 Å². The monoisotopic (exact) mass is 468 g/mol. The Hall–Kier alpha value is -3.39. The van der Waals surface area contributed by atoms with Gasteiger partial charge in [0.25, 0.3) is 0 Å². The number of aliphatic carboxylic acids is 1. The van der Waals surface area contributed by atoms with Gasteiger partial charge in [-0.25, -0.2) is 4.79 Å².